The molecule has 2 rings (SSSR count). The largest absolute Gasteiger partial charge is 0.493 e. The minimum absolute atomic E-state index is 0.434. The molecule has 1 heterocycles. The Bertz CT molecular complexity index is 552. The summed E-state index contributed by atoms with van der Waals surface area (Å²) in [6.07, 6.45) is 1.90. The summed E-state index contributed by atoms with van der Waals surface area (Å²) in [4.78, 5) is 0. The first-order valence-electron chi connectivity index (χ1n) is 6.72. The first-order chi connectivity index (χ1) is 9.72. The highest BCUT2D eigenvalue weighted by Crippen LogP contribution is 2.28. The minimum atomic E-state index is 0.434. The van der Waals surface area contributed by atoms with Gasteiger partial charge in [-0.25, -0.2) is 0 Å². The molecule has 0 spiro atoms. The molecule has 2 aromatic rings. The average molecular weight is 275 g/mol. The van der Waals surface area contributed by atoms with Gasteiger partial charge < -0.3 is 14.8 Å². The van der Waals surface area contributed by atoms with Gasteiger partial charge in [0.1, 0.15) is 6.61 Å². The summed E-state index contributed by atoms with van der Waals surface area (Å²) in [5, 5.41) is 7.57. The van der Waals surface area contributed by atoms with E-state index in [-0.39, 0.29) is 0 Å². The third-order valence-electron chi connectivity index (χ3n) is 2.95. The standard InChI is InChI=1S/C15H21N3O2/c1-4-16-10-12-5-6-14(15(9-12)19-3)20-11-13-7-8-18(2)17-13/h5-9,16H,4,10-11H2,1-3H3. The highest BCUT2D eigenvalue weighted by Gasteiger charge is 2.07. The maximum Gasteiger partial charge on any atom is 0.161 e. The van der Waals surface area contributed by atoms with Crippen LogP contribution in [0.5, 0.6) is 11.5 Å². The fourth-order valence-electron chi connectivity index (χ4n) is 1.90. The Labute approximate surface area is 119 Å². The quantitative estimate of drug-likeness (QED) is 0.841. The van der Waals surface area contributed by atoms with Crippen LogP contribution in [0.4, 0.5) is 0 Å². The fourth-order valence-corrected chi connectivity index (χ4v) is 1.90. The molecule has 0 saturated heterocycles. The first-order valence-corrected chi connectivity index (χ1v) is 6.72. The summed E-state index contributed by atoms with van der Waals surface area (Å²) < 4.78 is 12.9. The number of ether oxygens (including phenoxy) is 2. The van der Waals surface area contributed by atoms with Crippen LogP contribution in [-0.4, -0.2) is 23.4 Å². The van der Waals surface area contributed by atoms with Crippen molar-refractivity contribution in [2.45, 2.75) is 20.1 Å². The zero-order chi connectivity index (χ0) is 14.4. The number of nitrogens with one attached hydrogen (secondary N) is 1. The van der Waals surface area contributed by atoms with Crippen molar-refractivity contribution in [1.29, 1.82) is 0 Å². The van der Waals surface area contributed by atoms with Crippen LogP contribution >= 0.6 is 0 Å². The van der Waals surface area contributed by atoms with Gasteiger partial charge in [0, 0.05) is 19.8 Å². The van der Waals surface area contributed by atoms with Gasteiger partial charge in [-0.05, 0) is 30.3 Å². The van der Waals surface area contributed by atoms with Gasteiger partial charge in [-0.2, -0.15) is 5.10 Å². The van der Waals surface area contributed by atoms with Crippen LogP contribution in [-0.2, 0) is 20.2 Å². The van der Waals surface area contributed by atoms with Crippen LogP contribution in [0.25, 0.3) is 0 Å². The number of hydrogen-bond donors (Lipinski definition) is 1. The van der Waals surface area contributed by atoms with Gasteiger partial charge in [0.05, 0.1) is 12.8 Å². The Morgan fingerprint density at radius 1 is 1.25 bits per heavy atom. The first kappa shape index (κ1) is 14.4. The van der Waals surface area contributed by atoms with E-state index < -0.39 is 0 Å². The highest BCUT2D eigenvalue weighted by atomic mass is 16.5. The second-order valence-corrected chi connectivity index (χ2v) is 4.53. The Kier molecular flexibility index (Phi) is 5.01. The lowest BCUT2D eigenvalue weighted by Gasteiger charge is -2.11. The Morgan fingerprint density at radius 3 is 2.75 bits per heavy atom. The van der Waals surface area contributed by atoms with Gasteiger partial charge in [-0.3, -0.25) is 4.68 Å². The molecule has 0 amide bonds. The molecule has 0 fully saturated rings. The molecule has 0 atom stereocenters. The maximum absolute atomic E-state index is 5.77. The molecule has 0 aliphatic heterocycles. The van der Waals surface area contributed by atoms with Gasteiger partial charge in [0.15, 0.2) is 11.5 Å². The molecule has 1 aromatic carbocycles. The molecule has 0 aliphatic carbocycles. The lowest BCUT2D eigenvalue weighted by Crippen LogP contribution is -2.11. The monoisotopic (exact) mass is 275 g/mol. The number of methoxy groups -OCH3 is 1. The third kappa shape index (κ3) is 3.74. The minimum Gasteiger partial charge on any atom is -0.493 e. The number of rotatable bonds is 7. The molecule has 108 valence electrons. The lowest BCUT2D eigenvalue weighted by molar-refractivity contribution is 0.279. The topological polar surface area (TPSA) is 48.3 Å². The number of aromatic nitrogens is 2. The second kappa shape index (κ2) is 6.96. The molecule has 20 heavy (non-hydrogen) atoms. The van der Waals surface area contributed by atoms with Crippen molar-refractivity contribution in [2.24, 2.45) is 7.05 Å². The predicted octanol–water partition coefficient (Wildman–Crippen LogP) is 2.12. The van der Waals surface area contributed by atoms with Gasteiger partial charge >= 0.3 is 0 Å². The van der Waals surface area contributed by atoms with Crippen LogP contribution in [0.15, 0.2) is 30.5 Å². The smallest absolute Gasteiger partial charge is 0.161 e. The Hall–Kier alpha value is -2.01. The number of nitrogens with zero attached hydrogens (tertiary/aromatic N) is 2. The van der Waals surface area contributed by atoms with E-state index in [9.17, 15) is 0 Å². The maximum atomic E-state index is 5.77. The zero-order valence-electron chi connectivity index (χ0n) is 12.2. The fraction of sp³-hybridized carbons (Fsp3) is 0.400. The lowest BCUT2D eigenvalue weighted by atomic mass is 10.2. The van der Waals surface area contributed by atoms with E-state index in [0.717, 1.165) is 30.3 Å². The highest BCUT2D eigenvalue weighted by molar-refractivity contribution is 5.43. The molecule has 1 aromatic heterocycles. The summed E-state index contributed by atoms with van der Waals surface area (Å²) >= 11 is 0. The summed E-state index contributed by atoms with van der Waals surface area (Å²) in [5.74, 6) is 1.48. The molecule has 1 N–H and O–H groups in total. The Morgan fingerprint density at radius 2 is 2.10 bits per heavy atom. The summed E-state index contributed by atoms with van der Waals surface area (Å²) in [6, 6.07) is 7.91. The zero-order valence-corrected chi connectivity index (χ0v) is 12.2. The summed E-state index contributed by atoms with van der Waals surface area (Å²) in [7, 11) is 3.54. The van der Waals surface area contributed by atoms with E-state index in [0.29, 0.717) is 6.61 Å². The van der Waals surface area contributed by atoms with Crippen molar-refractivity contribution < 1.29 is 9.47 Å². The van der Waals surface area contributed by atoms with Gasteiger partial charge in [-0.15, -0.1) is 0 Å². The van der Waals surface area contributed by atoms with Crippen LogP contribution in [0.2, 0.25) is 0 Å². The third-order valence-corrected chi connectivity index (χ3v) is 2.95. The van der Waals surface area contributed by atoms with E-state index in [1.54, 1.807) is 11.8 Å². The molecule has 5 nitrogen and oxygen atoms in total. The van der Waals surface area contributed by atoms with Crippen molar-refractivity contribution in [3.63, 3.8) is 0 Å². The van der Waals surface area contributed by atoms with Crippen molar-refractivity contribution >= 4 is 0 Å². The van der Waals surface area contributed by atoms with Gasteiger partial charge in [0.25, 0.3) is 0 Å². The molecular formula is C15H21N3O2. The van der Waals surface area contributed by atoms with Crippen molar-refractivity contribution in [3.05, 3.63) is 41.7 Å². The van der Waals surface area contributed by atoms with Crippen LogP contribution in [0.1, 0.15) is 18.2 Å². The van der Waals surface area contributed by atoms with Crippen LogP contribution < -0.4 is 14.8 Å². The summed E-state index contributed by atoms with van der Waals surface area (Å²) in [6.45, 7) is 4.29. The molecule has 0 radical (unpaired) electrons. The molecule has 0 unspecified atom stereocenters. The molecule has 0 aliphatic rings. The molecule has 0 saturated carbocycles. The van der Waals surface area contributed by atoms with E-state index >= 15 is 0 Å². The average Bonchev–Trinajstić information content (AvgIpc) is 2.88. The van der Waals surface area contributed by atoms with Crippen molar-refractivity contribution in [1.82, 2.24) is 15.1 Å². The number of hydrogen-bond acceptors (Lipinski definition) is 4. The summed E-state index contributed by atoms with van der Waals surface area (Å²) in [5.41, 5.74) is 2.07. The van der Waals surface area contributed by atoms with Gasteiger partial charge in [-0.1, -0.05) is 13.0 Å². The van der Waals surface area contributed by atoms with Crippen LogP contribution in [0, 0.1) is 0 Å². The molecule has 0 bridgehead atoms. The second-order valence-electron chi connectivity index (χ2n) is 4.53. The van der Waals surface area contributed by atoms with E-state index in [2.05, 4.69) is 17.3 Å². The number of benzene rings is 1. The van der Waals surface area contributed by atoms with Crippen LogP contribution in [0.3, 0.4) is 0 Å². The molecular weight excluding hydrogens is 254 g/mol. The molecule has 5 heteroatoms. The van der Waals surface area contributed by atoms with Crippen molar-refractivity contribution in [2.75, 3.05) is 13.7 Å². The van der Waals surface area contributed by atoms with Gasteiger partial charge in [0.2, 0.25) is 0 Å². The van der Waals surface area contributed by atoms with E-state index in [1.807, 2.05) is 37.5 Å². The van der Waals surface area contributed by atoms with E-state index in [1.165, 1.54) is 5.56 Å². The normalized spacial score (nSPS) is 10.6. The van der Waals surface area contributed by atoms with Crippen molar-refractivity contribution in [3.8, 4) is 11.5 Å². The number of aryl methyl sites for hydroxylation is 1. The predicted molar refractivity (Wildman–Crippen MR) is 77.9 cm³/mol. The SMILES string of the molecule is CCNCc1ccc(OCc2ccn(C)n2)c(OC)c1. The Balaban J connectivity index is 2.03. The van der Waals surface area contributed by atoms with E-state index in [4.69, 9.17) is 9.47 Å².